The Morgan fingerprint density at radius 2 is 1.69 bits per heavy atom. The van der Waals surface area contributed by atoms with Gasteiger partial charge in [0.25, 0.3) is 15.9 Å². The molecule has 0 saturated heterocycles. The number of esters is 1. The molecule has 0 aromatic heterocycles. The summed E-state index contributed by atoms with van der Waals surface area (Å²) in [6.45, 7) is 1.74. The third-order valence-corrected chi connectivity index (χ3v) is 6.51. The van der Waals surface area contributed by atoms with Gasteiger partial charge in [-0.25, -0.2) is 22.0 Å². The summed E-state index contributed by atoms with van der Waals surface area (Å²) in [7, 11) is -4.19. The number of benzene rings is 3. The van der Waals surface area contributed by atoms with Crippen LogP contribution in [-0.2, 0) is 26.1 Å². The first-order chi connectivity index (χ1) is 17.1. The van der Waals surface area contributed by atoms with Gasteiger partial charge in [0.2, 0.25) is 6.79 Å². The van der Waals surface area contributed by atoms with E-state index in [1.165, 1.54) is 31.2 Å². The lowest BCUT2D eigenvalue weighted by atomic mass is 10.2. The average molecular weight is 518 g/mol. The van der Waals surface area contributed by atoms with Crippen molar-refractivity contribution in [2.75, 3.05) is 11.5 Å². The van der Waals surface area contributed by atoms with E-state index in [9.17, 15) is 26.8 Å². The lowest BCUT2D eigenvalue weighted by Gasteiger charge is -2.14. The summed E-state index contributed by atoms with van der Waals surface area (Å²) < 4.78 is 69.1. The highest BCUT2D eigenvalue weighted by Gasteiger charge is 2.21. The van der Waals surface area contributed by atoms with Crippen LogP contribution < -0.4 is 19.5 Å². The number of anilines is 1. The van der Waals surface area contributed by atoms with Crippen LogP contribution in [0.3, 0.4) is 0 Å². The number of amides is 1. The van der Waals surface area contributed by atoms with Gasteiger partial charge in [-0.2, -0.15) is 0 Å². The van der Waals surface area contributed by atoms with Gasteiger partial charge in [0, 0.05) is 12.2 Å². The first-order valence-electron chi connectivity index (χ1n) is 10.6. The summed E-state index contributed by atoms with van der Waals surface area (Å²) in [5.41, 5.74) is 0.916. The van der Waals surface area contributed by atoms with E-state index in [1.54, 1.807) is 18.2 Å². The zero-order chi connectivity index (χ0) is 25.9. The Hall–Kier alpha value is -4.19. The fraction of sp³-hybridized carbons (Fsp3) is 0.167. The van der Waals surface area contributed by atoms with Crippen molar-refractivity contribution in [3.05, 3.63) is 83.4 Å². The molecule has 0 aliphatic carbocycles. The van der Waals surface area contributed by atoms with E-state index in [0.717, 1.165) is 11.6 Å². The van der Waals surface area contributed by atoms with Crippen molar-refractivity contribution in [1.29, 1.82) is 0 Å². The molecule has 0 unspecified atom stereocenters. The standard InChI is InChI=1S/C24H20F2N2O7S/c1-14(23(29)27-12-15-2-9-21-22(10-15)34-13-33-21)35-24(30)16-3-5-17(6-4-16)28-36(31,32)18-7-8-19(25)20(26)11-18/h2-11,14,28H,12-13H2,1H3,(H,27,29)/t14-/m1/s1. The molecule has 36 heavy (non-hydrogen) atoms. The molecule has 1 heterocycles. The average Bonchev–Trinajstić information content (AvgIpc) is 3.32. The van der Waals surface area contributed by atoms with Gasteiger partial charge in [-0.1, -0.05) is 6.07 Å². The van der Waals surface area contributed by atoms with Gasteiger partial charge in [-0.15, -0.1) is 0 Å². The summed E-state index contributed by atoms with van der Waals surface area (Å²) >= 11 is 0. The van der Waals surface area contributed by atoms with Crippen LogP contribution in [0.5, 0.6) is 11.5 Å². The third-order valence-electron chi connectivity index (χ3n) is 5.13. The normalized spacial score (nSPS) is 13.1. The second-order valence-electron chi connectivity index (χ2n) is 7.71. The number of hydrogen-bond acceptors (Lipinski definition) is 7. The number of rotatable bonds is 8. The quantitative estimate of drug-likeness (QED) is 0.439. The number of carbonyl (C=O) groups is 2. The molecule has 9 nitrogen and oxygen atoms in total. The number of sulfonamides is 1. The number of carbonyl (C=O) groups excluding carboxylic acids is 2. The molecule has 0 saturated carbocycles. The maximum atomic E-state index is 13.4. The van der Waals surface area contributed by atoms with Crippen LogP contribution in [0.1, 0.15) is 22.8 Å². The van der Waals surface area contributed by atoms with Crippen molar-refractivity contribution >= 4 is 27.6 Å². The maximum absolute atomic E-state index is 13.4. The number of nitrogens with one attached hydrogen (secondary N) is 2. The molecule has 0 radical (unpaired) electrons. The molecule has 0 spiro atoms. The van der Waals surface area contributed by atoms with E-state index >= 15 is 0 Å². The molecule has 3 aromatic rings. The van der Waals surface area contributed by atoms with E-state index in [0.29, 0.717) is 23.6 Å². The van der Waals surface area contributed by atoms with Crippen molar-refractivity contribution in [2.24, 2.45) is 0 Å². The Morgan fingerprint density at radius 3 is 2.42 bits per heavy atom. The van der Waals surface area contributed by atoms with E-state index in [-0.39, 0.29) is 24.6 Å². The Bertz CT molecular complexity index is 1410. The Balaban J connectivity index is 1.31. The minimum atomic E-state index is -4.19. The Labute approximate surface area is 205 Å². The topological polar surface area (TPSA) is 120 Å². The molecule has 0 fully saturated rings. The molecule has 1 amide bonds. The highest BCUT2D eigenvalue weighted by Crippen LogP contribution is 2.32. The van der Waals surface area contributed by atoms with Crippen LogP contribution in [0.25, 0.3) is 0 Å². The fourth-order valence-electron chi connectivity index (χ4n) is 3.20. The van der Waals surface area contributed by atoms with Crippen LogP contribution in [0, 0.1) is 11.6 Å². The zero-order valence-electron chi connectivity index (χ0n) is 18.8. The van der Waals surface area contributed by atoms with Crippen molar-refractivity contribution < 1.29 is 41.0 Å². The summed E-state index contributed by atoms with van der Waals surface area (Å²) in [5, 5.41) is 2.67. The lowest BCUT2D eigenvalue weighted by Crippen LogP contribution is -2.35. The van der Waals surface area contributed by atoms with E-state index < -0.39 is 44.5 Å². The molecule has 188 valence electrons. The van der Waals surface area contributed by atoms with Gasteiger partial charge in [0.05, 0.1) is 10.5 Å². The van der Waals surface area contributed by atoms with Crippen LogP contribution in [0.15, 0.2) is 65.6 Å². The van der Waals surface area contributed by atoms with E-state index in [1.807, 2.05) is 0 Å². The lowest BCUT2D eigenvalue weighted by molar-refractivity contribution is -0.129. The van der Waals surface area contributed by atoms with Gasteiger partial charge in [-0.05, 0) is 67.1 Å². The third kappa shape index (κ3) is 5.71. The van der Waals surface area contributed by atoms with Crippen LogP contribution in [0.4, 0.5) is 14.5 Å². The van der Waals surface area contributed by atoms with Gasteiger partial charge < -0.3 is 19.5 Å². The van der Waals surface area contributed by atoms with Crippen molar-refractivity contribution in [2.45, 2.75) is 24.5 Å². The predicted octanol–water partition coefficient (Wildman–Crippen LogP) is 3.36. The van der Waals surface area contributed by atoms with Gasteiger partial charge >= 0.3 is 5.97 Å². The zero-order valence-corrected chi connectivity index (χ0v) is 19.6. The molecule has 2 N–H and O–H groups in total. The Kier molecular flexibility index (Phi) is 7.06. The monoisotopic (exact) mass is 518 g/mol. The molecule has 1 aliphatic rings. The van der Waals surface area contributed by atoms with Crippen LogP contribution in [-0.4, -0.2) is 33.2 Å². The largest absolute Gasteiger partial charge is 0.454 e. The predicted molar refractivity (Wildman–Crippen MR) is 123 cm³/mol. The smallest absolute Gasteiger partial charge is 0.338 e. The summed E-state index contributed by atoms with van der Waals surface area (Å²) in [6, 6.07) is 12.6. The fourth-order valence-corrected chi connectivity index (χ4v) is 4.27. The van der Waals surface area contributed by atoms with E-state index in [2.05, 4.69) is 10.0 Å². The van der Waals surface area contributed by atoms with Crippen molar-refractivity contribution in [3.63, 3.8) is 0 Å². The van der Waals surface area contributed by atoms with E-state index in [4.69, 9.17) is 14.2 Å². The van der Waals surface area contributed by atoms with Crippen LogP contribution in [0.2, 0.25) is 0 Å². The molecule has 0 bridgehead atoms. The number of hydrogen-bond donors (Lipinski definition) is 2. The molecule has 1 atom stereocenters. The SMILES string of the molecule is C[C@@H](OC(=O)c1ccc(NS(=O)(=O)c2ccc(F)c(F)c2)cc1)C(=O)NCc1ccc2c(c1)OCO2. The molecule has 3 aromatic carbocycles. The highest BCUT2D eigenvalue weighted by atomic mass is 32.2. The minimum Gasteiger partial charge on any atom is -0.454 e. The van der Waals surface area contributed by atoms with Crippen molar-refractivity contribution in [1.82, 2.24) is 5.32 Å². The second-order valence-corrected chi connectivity index (χ2v) is 9.39. The summed E-state index contributed by atoms with van der Waals surface area (Å²) in [4.78, 5) is 24.3. The first kappa shape index (κ1) is 24.9. The Morgan fingerprint density at radius 1 is 0.972 bits per heavy atom. The molecule has 1 aliphatic heterocycles. The minimum absolute atomic E-state index is 0.0706. The molecular formula is C24H20F2N2O7S. The molecule has 4 rings (SSSR count). The number of halogens is 2. The molecule has 12 heteroatoms. The van der Waals surface area contributed by atoms with Gasteiger partial charge in [0.15, 0.2) is 29.2 Å². The highest BCUT2D eigenvalue weighted by molar-refractivity contribution is 7.92. The van der Waals surface area contributed by atoms with Gasteiger partial charge in [-0.3, -0.25) is 9.52 Å². The van der Waals surface area contributed by atoms with Crippen molar-refractivity contribution in [3.8, 4) is 11.5 Å². The molecular weight excluding hydrogens is 498 g/mol. The van der Waals surface area contributed by atoms with Crippen LogP contribution >= 0.6 is 0 Å². The first-order valence-corrected chi connectivity index (χ1v) is 12.1. The van der Waals surface area contributed by atoms with Gasteiger partial charge in [0.1, 0.15) is 0 Å². The summed E-state index contributed by atoms with van der Waals surface area (Å²) in [5.74, 6) is -2.59. The number of fused-ring (bicyclic) bond motifs is 1. The summed E-state index contributed by atoms with van der Waals surface area (Å²) in [6.07, 6.45) is -1.10. The number of ether oxygens (including phenoxy) is 3. The second kappa shape index (κ2) is 10.2. The maximum Gasteiger partial charge on any atom is 0.338 e.